The summed E-state index contributed by atoms with van der Waals surface area (Å²) in [6.07, 6.45) is 0. The molecule has 3 heteroatoms. The lowest BCUT2D eigenvalue weighted by molar-refractivity contribution is 0.267. The van der Waals surface area contributed by atoms with Gasteiger partial charge in [-0.2, -0.15) is 0 Å². The minimum absolute atomic E-state index is 0.453. The second kappa shape index (κ2) is 4.53. The van der Waals surface area contributed by atoms with Gasteiger partial charge in [-0.1, -0.05) is 17.7 Å². The third-order valence-corrected chi connectivity index (χ3v) is 2.46. The molecule has 0 saturated heterocycles. The number of halogens is 1. The number of hydrogen-bond acceptors (Lipinski definition) is 2. The normalized spacial score (nSPS) is 10.3. The smallest absolute Gasteiger partial charge is 0.169 e. The van der Waals surface area contributed by atoms with Gasteiger partial charge in [0.2, 0.25) is 0 Å². The van der Waals surface area contributed by atoms with Crippen LogP contribution in [-0.4, -0.2) is 0 Å². The summed E-state index contributed by atoms with van der Waals surface area (Å²) in [5, 5.41) is 0. The van der Waals surface area contributed by atoms with Crippen LogP contribution >= 0.6 is 15.9 Å². The largest absolute Gasteiger partial charge is 0.486 e. The molecule has 15 heavy (non-hydrogen) atoms. The molecule has 0 atom stereocenters. The topological polar surface area (TPSA) is 22.4 Å². The first-order chi connectivity index (χ1) is 7.24. The highest BCUT2D eigenvalue weighted by Gasteiger charge is 2.00. The summed E-state index contributed by atoms with van der Waals surface area (Å²) in [7, 11) is 0. The number of furan rings is 1. The zero-order chi connectivity index (χ0) is 10.7. The molecule has 0 spiro atoms. The number of ether oxygens (including phenoxy) is 1. The Kier molecular flexibility index (Phi) is 3.11. The number of benzene rings is 1. The van der Waals surface area contributed by atoms with E-state index >= 15 is 0 Å². The maximum Gasteiger partial charge on any atom is 0.169 e. The van der Waals surface area contributed by atoms with Crippen molar-refractivity contribution in [1.29, 1.82) is 0 Å². The van der Waals surface area contributed by atoms with Crippen LogP contribution in [0.3, 0.4) is 0 Å². The van der Waals surface area contributed by atoms with Crippen LogP contribution in [0.2, 0.25) is 0 Å². The average Bonchev–Trinajstić information content (AvgIpc) is 2.64. The first-order valence-corrected chi connectivity index (χ1v) is 5.47. The van der Waals surface area contributed by atoms with Gasteiger partial charge in [0.1, 0.15) is 18.1 Å². The summed E-state index contributed by atoms with van der Waals surface area (Å²) in [4.78, 5) is 0. The molecule has 0 bridgehead atoms. The summed E-state index contributed by atoms with van der Waals surface area (Å²) in [5.74, 6) is 1.66. The van der Waals surface area contributed by atoms with Crippen LogP contribution in [0.15, 0.2) is 45.5 Å². The van der Waals surface area contributed by atoms with E-state index in [0.717, 1.165) is 16.2 Å². The van der Waals surface area contributed by atoms with E-state index in [0.29, 0.717) is 6.61 Å². The molecule has 1 aromatic carbocycles. The Bertz CT molecular complexity index is 431. The molecule has 0 N–H and O–H groups in total. The lowest BCUT2D eigenvalue weighted by Crippen LogP contribution is -1.93. The van der Waals surface area contributed by atoms with Gasteiger partial charge >= 0.3 is 0 Å². The third kappa shape index (κ3) is 2.86. The highest BCUT2D eigenvalue weighted by atomic mass is 79.9. The van der Waals surface area contributed by atoms with E-state index in [1.54, 1.807) is 0 Å². The van der Waals surface area contributed by atoms with Gasteiger partial charge in [0.25, 0.3) is 0 Å². The fourth-order valence-electron chi connectivity index (χ4n) is 1.22. The first-order valence-electron chi connectivity index (χ1n) is 4.68. The van der Waals surface area contributed by atoms with Crippen molar-refractivity contribution in [1.82, 2.24) is 0 Å². The monoisotopic (exact) mass is 266 g/mol. The molecule has 1 aromatic heterocycles. The van der Waals surface area contributed by atoms with Crippen LogP contribution < -0.4 is 4.74 Å². The molecular formula is C12H11BrO2. The van der Waals surface area contributed by atoms with Gasteiger partial charge in [-0.25, -0.2) is 0 Å². The van der Waals surface area contributed by atoms with Gasteiger partial charge < -0.3 is 9.15 Å². The van der Waals surface area contributed by atoms with Crippen molar-refractivity contribution in [2.75, 3.05) is 0 Å². The minimum atomic E-state index is 0.453. The molecule has 0 amide bonds. The van der Waals surface area contributed by atoms with Gasteiger partial charge in [0.05, 0.1) is 0 Å². The maximum atomic E-state index is 5.55. The van der Waals surface area contributed by atoms with Crippen molar-refractivity contribution in [3.63, 3.8) is 0 Å². The highest BCUT2D eigenvalue weighted by molar-refractivity contribution is 9.10. The van der Waals surface area contributed by atoms with Gasteiger partial charge in [0.15, 0.2) is 4.67 Å². The van der Waals surface area contributed by atoms with Gasteiger partial charge in [-0.05, 0) is 47.1 Å². The molecule has 0 aliphatic heterocycles. The zero-order valence-electron chi connectivity index (χ0n) is 8.37. The Labute approximate surface area is 97.0 Å². The SMILES string of the molecule is Cc1ccc(OCc2ccc(Br)o2)cc1. The van der Waals surface area contributed by atoms with E-state index in [1.807, 2.05) is 43.3 Å². The molecule has 2 nitrogen and oxygen atoms in total. The summed E-state index contributed by atoms with van der Waals surface area (Å²) < 4.78 is 11.6. The van der Waals surface area contributed by atoms with Crippen molar-refractivity contribution in [3.05, 3.63) is 52.4 Å². The van der Waals surface area contributed by atoms with Crippen molar-refractivity contribution in [3.8, 4) is 5.75 Å². The standard InChI is InChI=1S/C12H11BrO2/c1-9-2-4-10(5-3-9)14-8-11-6-7-12(13)15-11/h2-7H,8H2,1H3. The molecular weight excluding hydrogens is 256 g/mol. The van der Waals surface area contributed by atoms with E-state index in [-0.39, 0.29) is 0 Å². The number of hydrogen-bond donors (Lipinski definition) is 0. The minimum Gasteiger partial charge on any atom is -0.486 e. The van der Waals surface area contributed by atoms with Crippen LogP contribution in [0, 0.1) is 6.92 Å². The van der Waals surface area contributed by atoms with E-state index in [1.165, 1.54) is 5.56 Å². The summed E-state index contributed by atoms with van der Waals surface area (Å²) in [6, 6.07) is 11.7. The van der Waals surface area contributed by atoms with Crippen LogP contribution in [0.25, 0.3) is 0 Å². The maximum absolute atomic E-state index is 5.55. The van der Waals surface area contributed by atoms with Crippen LogP contribution in [0.5, 0.6) is 5.75 Å². The van der Waals surface area contributed by atoms with Gasteiger partial charge in [-0.15, -0.1) is 0 Å². The number of aryl methyl sites for hydroxylation is 1. The van der Waals surface area contributed by atoms with Gasteiger partial charge in [-0.3, -0.25) is 0 Å². The van der Waals surface area contributed by atoms with Crippen molar-refractivity contribution >= 4 is 15.9 Å². The molecule has 0 aliphatic rings. The summed E-state index contributed by atoms with van der Waals surface area (Å²) in [5.41, 5.74) is 1.23. The molecule has 78 valence electrons. The molecule has 0 fully saturated rings. The molecule has 2 rings (SSSR count). The van der Waals surface area contributed by atoms with E-state index in [2.05, 4.69) is 15.9 Å². The van der Waals surface area contributed by atoms with Crippen molar-refractivity contribution in [2.24, 2.45) is 0 Å². The van der Waals surface area contributed by atoms with E-state index < -0.39 is 0 Å². The lowest BCUT2D eigenvalue weighted by atomic mass is 10.2. The Morgan fingerprint density at radius 3 is 2.47 bits per heavy atom. The molecule has 0 aliphatic carbocycles. The average molecular weight is 267 g/mol. The molecule has 2 aromatic rings. The predicted molar refractivity (Wildman–Crippen MR) is 61.9 cm³/mol. The Hall–Kier alpha value is -1.22. The quantitative estimate of drug-likeness (QED) is 0.840. The predicted octanol–water partition coefficient (Wildman–Crippen LogP) is 3.93. The second-order valence-electron chi connectivity index (χ2n) is 3.31. The van der Waals surface area contributed by atoms with Crippen molar-refractivity contribution in [2.45, 2.75) is 13.5 Å². The lowest BCUT2D eigenvalue weighted by Gasteiger charge is -2.03. The summed E-state index contributed by atoms with van der Waals surface area (Å²) >= 11 is 3.25. The Morgan fingerprint density at radius 1 is 1.13 bits per heavy atom. The van der Waals surface area contributed by atoms with E-state index in [9.17, 15) is 0 Å². The Balaban J connectivity index is 1.96. The molecule has 0 saturated carbocycles. The van der Waals surface area contributed by atoms with Gasteiger partial charge in [0, 0.05) is 0 Å². The fourth-order valence-corrected chi connectivity index (χ4v) is 1.56. The van der Waals surface area contributed by atoms with Crippen LogP contribution in [-0.2, 0) is 6.61 Å². The molecule has 0 unspecified atom stereocenters. The first kappa shape index (κ1) is 10.3. The van der Waals surface area contributed by atoms with Crippen LogP contribution in [0.1, 0.15) is 11.3 Å². The Morgan fingerprint density at radius 2 is 1.87 bits per heavy atom. The van der Waals surface area contributed by atoms with E-state index in [4.69, 9.17) is 9.15 Å². The highest BCUT2D eigenvalue weighted by Crippen LogP contribution is 2.17. The third-order valence-electron chi connectivity index (χ3n) is 2.03. The fraction of sp³-hybridized carbons (Fsp3) is 0.167. The molecule has 1 heterocycles. The second-order valence-corrected chi connectivity index (χ2v) is 4.09. The van der Waals surface area contributed by atoms with Crippen molar-refractivity contribution < 1.29 is 9.15 Å². The number of rotatable bonds is 3. The molecule has 0 radical (unpaired) electrons. The van der Waals surface area contributed by atoms with Crippen LogP contribution in [0.4, 0.5) is 0 Å². The zero-order valence-corrected chi connectivity index (χ0v) is 9.95. The summed E-state index contributed by atoms with van der Waals surface area (Å²) in [6.45, 7) is 2.50.